The van der Waals surface area contributed by atoms with Crippen molar-refractivity contribution in [2.24, 2.45) is 0 Å². The second-order valence-electron chi connectivity index (χ2n) is 3.68. The van der Waals surface area contributed by atoms with E-state index >= 15 is 0 Å². The van der Waals surface area contributed by atoms with Crippen molar-refractivity contribution in [2.45, 2.75) is 25.9 Å². The van der Waals surface area contributed by atoms with Gasteiger partial charge in [-0.2, -0.15) is 13.2 Å². The minimum Gasteiger partial charge on any atom is -0.482 e. The molecular weight excluding hydrogens is 231 g/mol. The number of rotatable bonds is 6. The van der Waals surface area contributed by atoms with Crippen LogP contribution in [0.15, 0.2) is 24.3 Å². The van der Waals surface area contributed by atoms with Crippen LogP contribution in [0.3, 0.4) is 0 Å². The summed E-state index contributed by atoms with van der Waals surface area (Å²) in [6, 6.07) is 6.65. The number of halogens is 3. The van der Waals surface area contributed by atoms with Gasteiger partial charge in [0.2, 0.25) is 0 Å². The third kappa shape index (κ3) is 5.47. The van der Waals surface area contributed by atoms with Crippen LogP contribution in [-0.2, 0) is 0 Å². The van der Waals surface area contributed by atoms with Crippen LogP contribution in [0.25, 0.3) is 0 Å². The number of ether oxygens (including phenoxy) is 1. The van der Waals surface area contributed by atoms with E-state index in [1.165, 1.54) is 6.07 Å². The lowest BCUT2D eigenvalue weighted by Gasteiger charge is -2.14. The number of hydrogen-bond donors (Lipinski definition) is 1. The molecule has 17 heavy (non-hydrogen) atoms. The number of benzene rings is 1. The summed E-state index contributed by atoms with van der Waals surface area (Å²) in [5, 5.41) is 3.06. The molecule has 0 heterocycles. The molecule has 0 saturated carbocycles. The highest BCUT2D eigenvalue weighted by molar-refractivity contribution is 5.56. The third-order valence-corrected chi connectivity index (χ3v) is 2.12. The maximum atomic E-state index is 12.0. The Bertz CT molecular complexity index is 339. The maximum Gasteiger partial charge on any atom is 0.422 e. The lowest BCUT2D eigenvalue weighted by molar-refractivity contribution is -0.153. The first kappa shape index (κ1) is 13.7. The van der Waals surface area contributed by atoms with Gasteiger partial charge in [0, 0.05) is 6.54 Å². The second kappa shape index (κ2) is 6.37. The normalized spacial score (nSPS) is 11.3. The average Bonchev–Trinajstić information content (AvgIpc) is 2.27. The Morgan fingerprint density at radius 1 is 1.24 bits per heavy atom. The second-order valence-corrected chi connectivity index (χ2v) is 3.68. The van der Waals surface area contributed by atoms with Crippen LogP contribution in [0.5, 0.6) is 5.75 Å². The van der Waals surface area contributed by atoms with Crippen molar-refractivity contribution in [3.63, 3.8) is 0 Å². The van der Waals surface area contributed by atoms with Crippen LogP contribution in [0.2, 0.25) is 0 Å². The SMILES string of the molecule is CCCCNc1ccccc1OCC(F)(F)F. The van der Waals surface area contributed by atoms with E-state index in [1.807, 2.05) is 6.92 Å². The van der Waals surface area contributed by atoms with Crippen molar-refractivity contribution in [1.29, 1.82) is 0 Å². The largest absolute Gasteiger partial charge is 0.482 e. The smallest absolute Gasteiger partial charge is 0.422 e. The molecule has 1 aromatic rings. The summed E-state index contributed by atoms with van der Waals surface area (Å²) in [7, 11) is 0. The molecule has 0 bridgehead atoms. The van der Waals surface area contributed by atoms with E-state index in [0.29, 0.717) is 5.69 Å². The number of nitrogens with one attached hydrogen (secondary N) is 1. The molecular formula is C12H16F3NO. The van der Waals surface area contributed by atoms with E-state index < -0.39 is 12.8 Å². The quantitative estimate of drug-likeness (QED) is 0.771. The van der Waals surface area contributed by atoms with Crippen LogP contribution < -0.4 is 10.1 Å². The summed E-state index contributed by atoms with van der Waals surface area (Å²) in [4.78, 5) is 0. The molecule has 0 spiro atoms. The molecule has 0 unspecified atom stereocenters. The first-order valence-electron chi connectivity index (χ1n) is 5.55. The van der Waals surface area contributed by atoms with Gasteiger partial charge in [0.1, 0.15) is 5.75 Å². The zero-order valence-electron chi connectivity index (χ0n) is 9.68. The van der Waals surface area contributed by atoms with E-state index in [1.54, 1.807) is 18.2 Å². The molecule has 0 radical (unpaired) electrons. The first-order chi connectivity index (χ1) is 8.03. The molecule has 0 saturated heterocycles. The number of unbranched alkanes of at least 4 members (excludes halogenated alkanes) is 1. The van der Waals surface area contributed by atoms with E-state index in [-0.39, 0.29) is 5.75 Å². The minimum atomic E-state index is -4.31. The fourth-order valence-corrected chi connectivity index (χ4v) is 1.30. The van der Waals surface area contributed by atoms with E-state index in [0.717, 1.165) is 19.4 Å². The van der Waals surface area contributed by atoms with Crippen molar-refractivity contribution in [3.05, 3.63) is 24.3 Å². The average molecular weight is 247 g/mol. The Morgan fingerprint density at radius 3 is 2.59 bits per heavy atom. The third-order valence-electron chi connectivity index (χ3n) is 2.12. The molecule has 1 aromatic carbocycles. The molecule has 0 aliphatic heterocycles. The van der Waals surface area contributed by atoms with Crippen molar-refractivity contribution in [3.8, 4) is 5.75 Å². The Hall–Kier alpha value is -1.39. The fourth-order valence-electron chi connectivity index (χ4n) is 1.30. The highest BCUT2D eigenvalue weighted by Crippen LogP contribution is 2.26. The van der Waals surface area contributed by atoms with Crippen LogP contribution in [0.4, 0.5) is 18.9 Å². The number of hydrogen-bond acceptors (Lipinski definition) is 2. The topological polar surface area (TPSA) is 21.3 Å². The lowest BCUT2D eigenvalue weighted by Crippen LogP contribution is -2.19. The number of anilines is 1. The van der Waals surface area contributed by atoms with Gasteiger partial charge in [-0.25, -0.2) is 0 Å². The van der Waals surface area contributed by atoms with E-state index in [2.05, 4.69) is 5.32 Å². The van der Waals surface area contributed by atoms with Gasteiger partial charge in [0.25, 0.3) is 0 Å². The van der Waals surface area contributed by atoms with E-state index in [4.69, 9.17) is 4.74 Å². The molecule has 5 heteroatoms. The van der Waals surface area contributed by atoms with Crippen LogP contribution >= 0.6 is 0 Å². The number of alkyl halides is 3. The van der Waals surface area contributed by atoms with Gasteiger partial charge in [-0.15, -0.1) is 0 Å². The van der Waals surface area contributed by atoms with Crippen LogP contribution in [0, 0.1) is 0 Å². The summed E-state index contributed by atoms with van der Waals surface area (Å²) in [5.74, 6) is 0.237. The molecule has 0 aliphatic carbocycles. The molecule has 0 amide bonds. The summed E-state index contributed by atoms with van der Waals surface area (Å²) >= 11 is 0. The predicted octanol–water partition coefficient (Wildman–Crippen LogP) is 3.84. The Morgan fingerprint density at radius 2 is 1.94 bits per heavy atom. The van der Waals surface area contributed by atoms with Gasteiger partial charge in [0.05, 0.1) is 5.69 Å². The molecule has 1 rings (SSSR count). The molecule has 1 N–H and O–H groups in total. The van der Waals surface area contributed by atoms with Crippen LogP contribution in [-0.4, -0.2) is 19.3 Å². The van der Waals surface area contributed by atoms with Gasteiger partial charge in [-0.1, -0.05) is 25.5 Å². The molecule has 0 aromatic heterocycles. The maximum absolute atomic E-state index is 12.0. The summed E-state index contributed by atoms with van der Waals surface area (Å²) in [6.45, 7) is 1.51. The Labute approximate surface area is 98.8 Å². The highest BCUT2D eigenvalue weighted by Gasteiger charge is 2.28. The van der Waals surface area contributed by atoms with Crippen molar-refractivity contribution < 1.29 is 17.9 Å². The zero-order valence-corrected chi connectivity index (χ0v) is 9.68. The molecule has 0 fully saturated rings. The molecule has 0 aliphatic rings. The number of para-hydroxylation sites is 2. The summed E-state index contributed by atoms with van der Waals surface area (Å²) in [5.41, 5.74) is 0.602. The summed E-state index contributed by atoms with van der Waals surface area (Å²) < 4.78 is 40.8. The highest BCUT2D eigenvalue weighted by atomic mass is 19.4. The summed E-state index contributed by atoms with van der Waals surface area (Å²) in [6.07, 6.45) is -2.32. The van der Waals surface area contributed by atoms with E-state index in [9.17, 15) is 13.2 Å². The van der Waals surface area contributed by atoms with Gasteiger partial charge >= 0.3 is 6.18 Å². The molecule has 96 valence electrons. The monoisotopic (exact) mass is 247 g/mol. The zero-order chi connectivity index (χ0) is 12.7. The van der Waals surface area contributed by atoms with Gasteiger partial charge in [0.15, 0.2) is 6.61 Å². The fraction of sp³-hybridized carbons (Fsp3) is 0.500. The van der Waals surface area contributed by atoms with Crippen molar-refractivity contribution >= 4 is 5.69 Å². The first-order valence-corrected chi connectivity index (χ1v) is 5.55. The van der Waals surface area contributed by atoms with Gasteiger partial charge in [-0.05, 0) is 18.6 Å². The predicted molar refractivity (Wildman–Crippen MR) is 61.4 cm³/mol. The van der Waals surface area contributed by atoms with Gasteiger partial charge in [-0.3, -0.25) is 0 Å². The Balaban J connectivity index is 2.58. The van der Waals surface area contributed by atoms with Crippen molar-refractivity contribution in [2.75, 3.05) is 18.5 Å². The van der Waals surface area contributed by atoms with Crippen molar-refractivity contribution in [1.82, 2.24) is 0 Å². The Kier molecular flexibility index (Phi) is 5.12. The van der Waals surface area contributed by atoms with Crippen LogP contribution in [0.1, 0.15) is 19.8 Å². The lowest BCUT2D eigenvalue weighted by atomic mass is 10.2. The minimum absolute atomic E-state index is 0.237. The standard InChI is InChI=1S/C12H16F3NO/c1-2-3-8-16-10-6-4-5-7-11(10)17-9-12(13,14)15/h4-7,16H,2-3,8-9H2,1H3. The van der Waals surface area contributed by atoms with Gasteiger partial charge < -0.3 is 10.1 Å². The molecule has 0 atom stereocenters. The molecule has 2 nitrogen and oxygen atoms in total.